The van der Waals surface area contributed by atoms with Crippen LogP contribution in [-0.2, 0) is 19.0 Å². The minimum Gasteiger partial charge on any atom is -0.441 e. The van der Waals surface area contributed by atoms with E-state index in [1.165, 1.54) is 0 Å². The Hall–Kier alpha value is -0.820. The molecule has 7 heteroatoms. The average molecular weight is 251 g/mol. The van der Waals surface area contributed by atoms with Crippen molar-refractivity contribution in [3.8, 4) is 0 Å². The van der Waals surface area contributed by atoms with Crippen molar-refractivity contribution in [2.75, 3.05) is 12.9 Å². The van der Waals surface area contributed by atoms with Gasteiger partial charge in [0.25, 0.3) is 10.1 Å². The Morgan fingerprint density at radius 2 is 2.06 bits per heavy atom. The first-order valence-corrected chi connectivity index (χ1v) is 6.87. The second-order valence-corrected chi connectivity index (χ2v) is 5.80. The molecule has 0 radical (unpaired) electrons. The lowest BCUT2D eigenvalue weighted by Gasteiger charge is -2.23. The average Bonchev–Trinajstić information content (AvgIpc) is 2.36. The highest BCUT2D eigenvalue weighted by molar-refractivity contribution is 7.85. The highest BCUT2D eigenvalue weighted by Gasteiger charge is 2.40. The van der Waals surface area contributed by atoms with Crippen LogP contribution in [0.3, 0.4) is 0 Å². The molecule has 0 aromatic rings. The van der Waals surface area contributed by atoms with Gasteiger partial charge in [0.1, 0.15) is 12.7 Å². The Labute approximate surface area is 95.6 Å². The zero-order valence-corrected chi connectivity index (χ0v) is 10.7. The first-order chi connectivity index (χ1) is 7.22. The maximum Gasteiger partial charge on any atom is 0.410 e. The normalized spacial score (nSPS) is 26.3. The summed E-state index contributed by atoms with van der Waals surface area (Å²) in [6.07, 6.45) is 0.00324. The summed E-state index contributed by atoms with van der Waals surface area (Å²) in [7, 11) is -3.50. The van der Waals surface area contributed by atoms with E-state index in [4.69, 9.17) is 4.74 Å². The van der Waals surface area contributed by atoms with E-state index < -0.39 is 22.3 Å². The zero-order valence-electron chi connectivity index (χ0n) is 9.84. The van der Waals surface area contributed by atoms with E-state index in [0.717, 1.165) is 6.26 Å². The van der Waals surface area contributed by atoms with Gasteiger partial charge in [-0.3, -0.25) is 9.08 Å². The second-order valence-electron chi connectivity index (χ2n) is 4.15. The molecule has 0 aromatic carbocycles. The molecule has 6 nitrogen and oxygen atoms in total. The molecule has 0 unspecified atom stereocenters. The van der Waals surface area contributed by atoms with Gasteiger partial charge < -0.3 is 4.74 Å². The predicted molar refractivity (Wildman–Crippen MR) is 57.5 cm³/mol. The fraction of sp³-hybridized carbons (Fsp3) is 0.889. The number of nitrogens with zero attached hydrogens (tertiary/aromatic N) is 1. The lowest BCUT2D eigenvalue weighted by atomic mass is 10.1. The minimum atomic E-state index is -3.50. The van der Waals surface area contributed by atoms with Gasteiger partial charge in [0.05, 0.1) is 12.3 Å². The smallest absolute Gasteiger partial charge is 0.410 e. The first kappa shape index (κ1) is 13.2. The Bertz CT molecular complexity index is 364. The fourth-order valence-electron chi connectivity index (χ4n) is 1.68. The summed E-state index contributed by atoms with van der Waals surface area (Å²) in [6.45, 7) is 5.42. The van der Waals surface area contributed by atoms with Crippen molar-refractivity contribution >= 4 is 16.2 Å². The van der Waals surface area contributed by atoms with Gasteiger partial charge in [0, 0.05) is 6.04 Å². The quantitative estimate of drug-likeness (QED) is 0.683. The third-order valence-electron chi connectivity index (χ3n) is 2.44. The summed E-state index contributed by atoms with van der Waals surface area (Å²) in [5.41, 5.74) is 0. The molecule has 0 saturated carbocycles. The number of carbonyl (C=O) groups is 1. The molecule has 1 heterocycles. The van der Waals surface area contributed by atoms with Crippen LogP contribution in [0.1, 0.15) is 20.8 Å². The van der Waals surface area contributed by atoms with Crippen molar-refractivity contribution < 1.29 is 22.1 Å². The van der Waals surface area contributed by atoms with Crippen LogP contribution in [0, 0.1) is 0 Å². The number of hydrogen-bond donors (Lipinski definition) is 0. The van der Waals surface area contributed by atoms with Gasteiger partial charge in [0.15, 0.2) is 0 Å². The molecule has 0 aliphatic carbocycles. The topological polar surface area (TPSA) is 72.9 Å². The van der Waals surface area contributed by atoms with Crippen molar-refractivity contribution in [2.24, 2.45) is 0 Å². The number of cyclic esters (lactones) is 1. The first-order valence-electron chi connectivity index (χ1n) is 5.05. The molecular formula is C9H17NO5S. The van der Waals surface area contributed by atoms with Gasteiger partial charge in [0.2, 0.25) is 0 Å². The van der Waals surface area contributed by atoms with E-state index in [1.54, 1.807) is 11.8 Å². The minimum absolute atomic E-state index is 0.0192. The van der Waals surface area contributed by atoms with Crippen molar-refractivity contribution in [3.05, 3.63) is 0 Å². The van der Waals surface area contributed by atoms with Gasteiger partial charge >= 0.3 is 6.09 Å². The summed E-state index contributed by atoms with van der Waals surface area (Å²) in [6, 6.07) is -0.167. The largest absolute Gasteiger partial charge is 0.441 e. The van der Waals surface area contributed by atoms with Gasteiger partial charge in [-0.1, -0.05) is 0 Å². The van der Waals surface area contributed by atoms with Crippen LogP contribution < -0.4 is 0 Å². The lowest BCUT2D eigenvalue weighted by molar-refractivity contribution is 0.0966. The molecule has 1 aliphatic heterocycles. The summed E-state index contributed by atoms with van der Waals surface area (Å²) >= 11 is 0. The molecule has 1 amide bonds. The molecule has 1 aliphatic rings. The monoisotopic (exact) mass is 251 g/mol. The molecular weight excluding hydrogens is 234 g/mol. The van der Waals surface area contributed by atoms with Gasteiger partial charge in [-0.15, -0.1) is 0 Å². The molecule has 0 bridgehead atoms. The Kier molecular flexibility index (Phi) is 3.80. The Morgan fingerprint density at radius 1 is 1.50 bits per heavy atom. The van der Waals surface area contributed by atoms with Crippen molar-refractivity contribution in [2.45, 2.75) is 39.0 Å². The van der Waals surface area contributed by atoms with E-state index in [1.807, 2.05) is 13.8 Å². The predicted octanol–water partition coefficient (Wildman–Crippen LogP) is 0.580. The molecule has 1 fully saturated rings. The fourth-order valence-corrected chi connectivity index (χ4v) is 2.06. The Balaban J connectivity index is 2.62. The van der Waals surface area contributed by atoms with Crippen molar-refractivity contribution in [3.63, 3.8) is 0 Å². The highest BCUT2D eigenvalue weighted by Crippen LogP contribution is 2.22. The van der Waals surface area contributed by atoms with Crippen LogP contribution in [0.2, 0.25) is 0 Å². The molecule has 16 heavy (non-hydrogen) atoms. The maximum absolute atomic E-state index is 11.5. The van der Waals surface area contributed by atoms with Gasteiger partial charge in [-0.25, -0.2) is 4.79 Å². The Morgan fingerprint density at radius 3 is 2.44 bits per heavy atom. The molecule has 0 spiro atoms. The van der Waals surface area contributed by atoms with E-state index >= 15 is 0 Å². The van der Waals surface area contributed by atoms with E-state index in [0.29, 0.717) is 0 Å². The second kappa shape index (κ2) is 4.58. The standard InChI is InChI=1S/C9H17NO5S/c1-6(2)10-7(3)8(15-9(10)11)5-14-16(4,12)13/h6-8H,5H2,1-4H3/t7-,8+/m0/s1. The van der Waals surface area contributed by atoms with Crippen LogP contribution in [0.4, 0.5) is 4.79 Å². The van der Waals surface area contributed by atoms with Crippen LogP contribution in [0.15, 0.2) is 0 Å². The lowest BCUT2D eigenvalue weighted by Crippen LogP contribution is -2.40. The van der Waals surface area contributed by atoms with Crippen LogP contribution in [-0.4, -0.2) is 50.5 Å². The molecule has 0 N–H and O–H groups in total. The van der Waals surface area contributed by atoms with E-state index in [2.05, 4.69) is 4.18 Å². The number of hydrogen-bond acceptors (Lipinski definition) is 5. The molecule has 1 rings (SSSR count). The summed E-state index contributed by atoms with van der Waals surface area (Å²) in [4.78, 5) is 13.0. The number of rotatable bonds is 4. The summed E-state index contributed by atoms with van der Waals surface area (Å²) in [5.74, 6) is 0. The molecule has 2 atom stereocenters. The highest BCUT2D eigenvalue weighted by atomic mass is 32.2. The van der Waals surface area contributed by atoms with Crippen LogP contribution >= 0.6 is 0 Å². The number of ether oxygens (including phenoxy) is 1. The van der Waals surface area contributed by atoms with Crippen molar-refractivity contribution in [1.82, 2.24) is 4.90 Å². The van der Waals surface area contributed by atoms with Crippen LogP contribution in [0.5, 0.6) is 0 Å². The van der Waals surface area contributed by atoms with E-state index in [9.17, 15) is 13.2 Å². The zero-order chi connectivity index (χ0) is 12.5. The van der Waals surface area contributed by atoms with Gasteiger partial charge in [-0.2, -0.15) is 8.42 Å². The number of amides is 1. The van der Waals surface area contributed by atoms with Gasteiger partial charge in [-0.05, 0) is 20.8 Å². The van der Waals surface area contributed by atoms with E-state index in [-0.39, 0.29) is 18.7 Å². The maximum atomic E-state index is 11.5. The SMILES string of the molecule is CC(C)N1C(=O)O[C@H](COS(C)(=O)=O)[C@@H]1C. The summed E-state index contributed by atoms with van der Waals surface area (Å²) in [5, 5.41) is 0. The third kappa shape index (κ3) is 3.08. The third-order valence-corrected chi connectivity index (χ3v) is 3.01. The number of carbonyl (C=O) groups excluding carboxylic acids is 1. The summed E-state index contributed by atoms with van der Waals surface area (Å²) < 4.78 is 31.3. The molecule has 1 saturated heterocycles. The molecule has 0 aromatic heterocycles. The molecule has 94 valence electrons. The van der Waals surface area contributed by atoms with Crippen molar-refractivity contribution in [1.29, 1.82) is 0 Å². The van der Waals surface area contributed by atoms with Crippen LogP contribution in [0.25, 0.3) is 0 Å².